The lowest BCUT2D eigenvalue weighted by Crippen LogP contribution is -2.50. The van der Waals surface area contributed by atoms with Crippen LogP contribution >= 0.6 is 0 Å². The van der Waals surface area contributed by atoms with Crippen molar-refractivity contribution in [3.8, 4) is 11.5 Å². The molecule has 1 aromatic carbocycles. The molecule has 1 fully saturated rings. The predicted molar refractivity (Wildman–Crippen MR) is 73.1 cm³/mol. The standard InChI is InChI=1S/C15H19NO3/c1-15(2)10-12(17)5-6-16(15)11-3-4-13-14(9-11)19-8-7-18-13/h3-4,9H,5-8,10H2,1-2H3. The van der Waals surface area contributed by atoms with Crippen LogP contribution in [0.1, 0.15) is 26.7 Å². The minimum atomic E-state index is -0.140. The molecule has 0 amide bonds. The van der Waals surface area contributed by atoms with E-state index in [2.05, 4.69) is 18.7 Å². The summed E-state index contributed by atoms with van der Waals surface area (Å²) in [7, 11) is 0. The Labute approximate surface area is 113 Å². The highest BCUT2D eigenvalue weighted by Crippen LogP contribution is 2.38. The van der Waals surface area contributed by atoms with Crippen LogP contribution in [0.25, 0.3) is 0 Å². The van der Waals surface area contributed by atoms with Gasteiger partial charge in [0.05, 0.1) is 0 Å². The van der Waals surface area contributed by atoms with Crippen LogP contribution < -0.4 is 14.4 Å². The van der Waals surface area contributed by atoms with Crippen molar-refractivity contribution in [2.45, 2.75) is 32.2 Å². The van der Waals surface area contributed by atoms with E-state index in [1.807, 2.05) is 18.2 Å². The minimum Gasteiger partial charge on any atom is -0.486 e. The maximum Gasteiger partial charge on any atom is 0.163 e. The Bertz CT molecular complexity index is 510. The monoisotopic (exact) mass is 261 g/mol. The fraction of sp³-hybridized carbons (Fsp3) is 0.533. The molecule has 4 heteroatoms. The van der Waals surface area contributed by atoms with Crippen molar-refractivity contribution < 1.29 is 14.3 Å². The van der Waals surface area contributed by atoms with Gasteiger partial charge >= 0.3 is 0 Å². The van der Waals surface area contributed by atoms with E-state index >= 15 is 0 Å². The number of piperidine rings is 1. The van der Waals surface area contributed by atoms with E-state index in [0.717, 1.165) is 23.7 Å². The first-order valence-corrected chi connectivity index (χ1v) is 6.75. The normalized spacial score (nSPS) is 21.4. The lowest BCUT2D eigenvalue weighted by atomic mass is 9.89. The summed E-state index contributed by atoms with van der Waals surface area (Å²) in [6, 6.07) is 6.02. The van der Waals surface area contributed by atoms with Gasteiger partial charge in [0.15, 0.2) is 11.5 Å². The number of benzene rings is 1. The van der Waals surface area contributed by atoms with Gasteiger partial charge in [-0.3, -0.25) is 4.79 Å². The fourth-order valence-electron chi connectivity index (χ4n) is 2.88. The minimum absolute atomic E-state index is 0.140. The van der Waals surface area contributed by atoms with Crippen molar-refractivity contribution in [1.29, 1.82) is 0 Å². The summed E-state index contributed by atoms with van der Waals surface area (Å²) >= 11 is 0. The molecule has 1 aromatic rings. The van der Waals surface area contributed by atoms with Crippen LogP contribution in [-0.2, 0) is 4.79 Å². The van der Waals surface area contributed by atoms with Crippen LogP contribution in [0.2, 0.25) is 0 Å². The highest BCUT2D eigenvalue weighted by atomic mass is 16.6. The maximum atomic E-state index is 11.6. The van der Waals surface area contributed by atoms with Crippen LogP contribution in [0.4, 0.5) is 5.69 Å². The molecule has 0 radical (unpaired) electrons. The largest absolute Gasteiger partial charge is 0.486 e. The van der Waals surface area contributed by atoms with Gasteiger partial charge in [-0.1, -0.05) is 0 Å². The second-order valence-corrected chi connectivity index (χ2v) is 5.76. The van der Waals surface area contributed by atoms with Crippen LogP contribution in [0, 0.1) is 0 Å². The zero-order chi connectivity index (χ0) is 13.5. The van der Waals surface area contributed by atoms with Crippen LogP contribution in [-0.4, -0.2) is 31.1 Å². The molecule has 0 unspecified atom stereocenters. The van der Waals surface area contributed by atoms with E-state index in [9.17, 15) is 4.79 Å². The Balaban J connectivity index is 1.91. The van der Waals surface area contributed by atoms with Crippen molar-refractivity contribution in [2.75, 3.05) is 24.7 Å². The van der Waals surface area contributed by atoms with E-state index in [1.165, 1.54) is 0 Å². The Kier molecular flexibility index (Phi) is 2.88. The molecule has 0 bridgehead atoms. The Morgan fingerprint density at radius 3 is 2.63 bits per heavy atom. The molecule has 0 saturated carbocycles. The van der Waals surface area contributed by atoms with E-state index in [4.69, 9.17) is 9.47 Å². The van der Waals surface area contributed by atoms with Gasteiger partial charge in [-0.25, -0.2) is 0 Å². The molecule has 0 spiro atoms. The van der Waals surface area contributed by atoms with E-state index in [0.29, 0.717) is 31.8 Å². The number of anilines is 1. The molecule has 2 aliphatic heterocycles. The predicted octanol–water partition coefficient (Wildman–Crippen LogP) is 2.41. The van der Waals surface area contributed by atoms with Crippen LogP contribution in [0.3, 0.4) is 0 Å². The molecule has 0 atom stereocenters. The van der Waals surface area contributed by atoms with Gasteiger partial charge in [0.2, 0.25) is 0 Å². The smallest absolute Gasteiger partial charge is 0.163 e. The van der Waals surface area contributed by atoms with Crippen LogP contribution in [0.15, 0.2) is 18.2 Å². The number of rotatable bonds is 1. The van der Waals surface area contributed by atoms with Gasteiger partial charge in [-0.15, -0.1) is 0 Å². The molecule has 0 aliphatic carbocycles. The molecule has 1 saturated heterocycles. The average molecular weight is 261 g/mol. The first-order valence-electron chi connectivity index (χ1n) is 6.75. The second kappa shape index (κ2) is 4.44. The second-order valence-electron chi connectivity index (χ2n) is 5.76. The highest BCUT2D eigenvalue weighted by molar-refractivity contribution is 5.82. The van der Waals surface area contributed by atoms with Crippen molar-refractivity contribution in [3.05, 3.63) is 18.2 Å². The van der Waals surface area contributed by atoms with Gasteiger partial charge in [-0.05, 0) is 26.0 Å². The van der Waals surface area contributed by atoms with E-state index in [1.54, 1.807) is 0 Å². The Hall–Kier alpha value is -1.71. The molecule has 0 N–H and O–H groups in total. The van der Waals surface area contributed by atoms with Gasteiger partial charge in [0.25, 0.3) is 0 Å². The summed E-state index contributed by atoms with van der Waals surface area (Å²) < 4.78 is 11.2. The third-order valence-electron chi connectivity index (χ3n) is 3.81. The lowest BCUT2D eigenvalue weighted by molar-refractivity contribution is -0.121. The number of nitrogens with zero attached hydrogens (tertiary/aromatic N) is 1. The third kappa shape index (κ3) is 2.27. The first kappa shape index (κ1) is 12.3. The zero-order valence-electron chi connectivity index (χ0n) is 11.4. The summed E-state index contributed by atoms with van der Waals surface area (Å²) in [5.41, 5.74) is 0.959. The number of ketones is 1. The van der Waals surface area contributed by atoms with Crippen molar-refractivity contribution in [3.63, 3.8) is 0 Å². The van der Waals surface area contributed by atoms with Gasteiger partial charge in [0, 0.05) is 36.7 Å². The fourth-order valence-corrected chi connectivity index (χ4v) is 2.88. The van der Waals surface area contributed by atoms with Gasteiger partial charge in [-0.2, -0.15) is 0 Å². The molecular weight excluding hydrogens is 242 g/mol. The number of carbonyl (C=O) groups is 1. The molecule has 4 nitrogen and oxygen atoms in total. The highest BCUT2D eigenvalue weighted by Gasteiger charge is 2.34. The third-order valence-corrected chi connectivity index (χ3v) is 3.81. The molecule has 19 heavy (non-hydrogen) atoms. The number of fused-ring (bicyclic) bond motifs is 1. The molecule has 2 heterocycles. The number of carbonyl (C=O) groups excluding carboxylic acids is 1. The molecular formula is C15H19NO3. The summed E-state index contributed by atoms with van der Waals surface area (Å²) in [5.74, 6) is 1.95. The Morgan fingerprint density at radius 2 is 1.89 bits per heavy atom. The molecule has 2 aliphatic rings. The number of hydrogen-bond donors (Lipinski definition) is 0. The number of hydrogen-bond acceptors (Lipinski definition) is 4. The molecule has 102 valence electrons. The summed E-state index contributed by atoms with van der Waals surface area (Å²) in [4.78, 5) is 13.9. The van der Waals surface area contributed by atoms with Gasteiger partial charge in [0.1, 0.15) is 19.0 Å². The quantitative estimate of drug-likeness (QED) is 0.778. The van der Waals surface area contributed by atoms with Crippen LogP contribution in [0.5, 0.6) is 11.5 Å². The summed E-state index contributed by atoms with van der Waals surface area (Å²) in [6.45, 7) is 6.20. The molecule has 3 rings (SSSR count). The Morgan fingerprint density at radius 1 is 1.16 bits per heavy atom. The van der Waals surface area contributed by atoms with E-state index in [-0.39, 0.29) is 5.54 Å². The van der Waals surface area contributed by atoms with Crippen molar-refractivity contribution >= 4 is 11.5 Å². The van der Waals surface area contributed by atoms with E-state index < -0.39 is 0 Å². The SMILES string of the molecule is CC1(C)CC(=O)CCN1c1ccc2c(c1)OCCO2. The van der Waals surface area contributed by atoms with Crippen molar-refractivity contribution in [2.24, 2.45) is 0 Å². The van der Waals surface area contributed by atoms with Crippen molar-refractivity contribution in [1.82, 2.24) is 0 Å². The van der Waals surface area contributed by atoms with Gasteiger partial charge < -0.3 is 14.4 Å². The maximum absolute atomic E-state index is 11.6. The average Bonchev–Trinajstić information content (AvgIpc) is 2.37. The number of Topliss-reactive ketones (excluding diaryl/α,β-unsaturated/α-hetero) is 1. The molecule has 0 aromatic heterocycles. The zero-order valence-corrected chi connectivity index (χ0v) is 11.4. The topological polar surface area (TPSA) is 38.8 Å². The first-order chi connectivity index (χ1) is 9.06. The summed E-state index contributed by atoms with van der Waals surface area (Å²) in [5, 5.41) is 0. The summed E-state index contributed by atoms with van der Waals surface area (Å²) in [6.07, 6.45) is 1.22. The number of ether oxygens (including phenoxy) is 2. The lowest BCUT2D eigenvalue weighted by Gasteiger charge is -2.43.